The van der Waals surface area contributed by atoms with Crippen LogP contribution in [0.3, 0.4) is 0 Å². The molecule has 7 heteroatoms. The highest BCUT2D eigenvalue weighted by Gasteiger charge is 2.07. The third-order valence-electron chi connectivity index (χ3n) is 3.22. The van der Waals surface area contributed by atoms with Crippen LogP contribution in [0.25, 0.3) is 0 Å². The molecule has 0 aliphatic heterocycles. The summed E-state index contributed by atoms with van der Waals surface area (Å²) < 4.78 is 5.09. The van der Waals surface area contributed by atoms with Crippen molar-refractivity contribution in [1.29, 1.82) is 5.26 Å². The fraction of sp³-hybridized carbons (Fsp3) is 0.167. The fourth-order valence-corrected chi connectivity index (χ4v) is 2.11. The molecule has 0 aliphatic carbocycles. The minimum absolute atomic E-state index is 0.258. The summed E-state index contributed by atoms with van der Waals surface area (Å²) >= 11 is 5.99. The number of amides is 2. The van der Waals surface area contributed by atoms with E-state index >= 15 is 0 Å². The normalized spacial score (nSPS) is 9.96. The van der Waals surface area contributed by atoms with Crippen LogP contribution in [0, 0.1) is 18.3 Å². The summed E-state index contributed by atoms with van der Waals surface area (Å²) in [5.74, 6) is -0.776. The quantitative estimate of drug-likeness (QED) is 0.831. The SMILES string of the molecule is Cc1ccc(NC(=O)COCC(=O)Nc2ccc(C#N)cc2)cc1Cl. The number of nitrogens with zero attached hydrogens (tertiary/aromatic N) is 1. The predicted molar refractivity (Wildman–Crippen MR) is 95.4 cm³/mol. The Kier molecular flexibility index (Phi) is 6.52. The van der Waals surface area contributed by atoms with Gasteiger partial charge in [0, 0.05) is 16.4 Å². The van der Waals surface area contributed by atoms with E-state index in [1.165, 1.54) is 0 Å². The standard InChI is InChI=1S/C18H16ClN3O3/c1-12-2-5-15(8-16(12)19)22-18(24)11-25-10-17(23)21-14-6-3-13(9-20)4-7-14/h2-8H,10-11H2,1H3,(H,21,23)(H,22,24). The molecule has 0 fully saturated rings. The Morgan fingerprint density at radius 2 is 1.60 bits per heavy atom. The number of rotatable bonds is 6. The topological polar surface area (TPSA) is 91.2 Å². The van der Waals surface area contributed by atoms with Gasteiger partial charge in [0.1, 0.15) is 13.2 Å². The van der Waals surface area contributed by atoms with E-state index in [1.807, 2.05) is 13.0 Å². The third kappa shape index (κ3) is 5.92. The van der Waals surface area contributed by atoms with E-state index in [-0.39, 0.29) is 19.1 Å². The van der Waals surface area contributed by atoms with Crippen LogP contribution in [0.5, 0.6) is 0 Å². The predicted octanol–water partition coefficient (Wildman–Crippen LogP) is 3.11. The summed E-state index contributed by atoms with van der Waals surface area (Å²) in [5, 5.41) is 14.5. The van der Waals surface area contributed by atoms with Crippen LogP contribution in [-0.2, 0) is 14.3 Å². The molecule has 0 bridgehead atoms. The number of nitriles is 1. The lowest BCUT2D eigenvalue weighted by molar-refractivity contribution is -0.125. The molecule has 0 saturated carbocycles. The average Bonchev–Trinajstić information content (AvgIpc) is 2.59. The van der Waals surface area contributed by atoms with Gasteiger partial charge in [0.2, 0.25) is 11.8 Å². The Morgan fingerprint density at radius 1 is 1.04 bits per heavy atom. The molecular weight excluding hydrogens is 342 g/mol. The first-order valence-electron chi connectivity index (χ1n) is 7.41. The number of nitrogens with one attached hydrogen (secondary N) is 2. The fourth-order valence-electron chi connectivity index (χ4n) is 1.93. The lowest BCUT2D eigenvalue weighted by Crippen LogP contribution is -2.23. The molecule has 6 nitrogen and oxygen atoms in total. The zero-order chi connectivity index (χ0) is 18.2. The highest BCUT2D eigenvalue weighted by Crippen LogP contribution is 2.19. The van der Waals surface area contributed by atoms with Gasteiger partial charge >= 0.3 is 0 Å². The van der Waals surface area contributed by atoms with E-state index in [9.17, 15) is 9.59 Å². The maximum atomic E-state index is 11.8. The van der Waals surface area contributed by atoms with Gasteiger partial charge in [-0.3, -0.25) is 9.59 Å². The Hall–Kier alpha value is -2.88. The molecule has 2 N–H and O–H groups in total. The van der Waals surface area contributed by atoms with Gasteiger partial charge in [-0.25, -0.2) is 0 Å². The summed E-state index contributed by atoms with van der Waals surface area (Å²) in [5.41, 5.74) is 2.52. The number of anilines is 2. The van der Waals surface area contributed by atoms with E-state index in [1.54, 1.807) is 42.5 Å². The molecule has 25 heavy (non-hydrogen) atoms. The van der Waals surface area contributed by atoms with Crippen molar-refractivity contribution in [1.82, 2.24) is 0 Å². The van der Waals surface area contributed by atoms with Crippen LogP contribution < -0.4 is 10.6 Å². The molecule has 0 atom stereocenters. The highest BCUT2D eigenvalue weighted by molar-refractivity contribution is 6.31. The molecule has 0 aliphatic rings. The van der Waals surface area contributed by atoms with Crippen molar-refractivity contribution in [3.63, 3.8) is 0 Å². The van der Waals surface area contributed by atoms with Crippen LogP contribution >= 0.6 is 11.6 Å². The molecule has 0 unspecified atom stereocenters. The molecule has 0 aromatic heterocycles. The van der Waals surface area contributed by atoms with E-state index < -0.39 is 5.91 Å². The molecule has 0 spiro atoms. The lowest BCUT2D eigenvalue weighted by Gasteiger charge is -2.08. The smallest absolute Gasteiger partial charge is 0.250 e. The van der Waals surface area contributed by atoms with Crippen molar-refractivity contribution in [2.24, 2.45) is 0 Å². The molecule has 2 rings (SSSR count). The first kappa shape index (κ1) is 18.5. The minimum Gasteiger partial charge on any atom is -0.362 e. The molecule has 0 saturated heterocycles. The van der Waals surface area contributed by atoms with Crippen molar-refractivity contribution in [2.75, 3.05) is 23.8 Å². The van der Waals surface area contributed by atoms with Crippen LogP contribution in [0.2, 0.25) is 5.02 Å². The molecule has 128 valence electrons. The number of benzene rings is 2. The maximum absolute atomic E-state index is 11.8. The van der Waals surface area contributed by atoms with Gasteiger partial charge in [-0.1, -0.05) is 17.7 Å². The van der Waals surface area contributed by atoms with E-state index in [0.717, 1.165) is 5.56 Å². The Labute approximate surface area is 150 Å². The van der Waals surface area contributed by atoms with Gasteiger partial charge < -0.3 is 15.4 Å². The van der Waals surface area contributed by atoms with Crippen molar-refractivity contribution < 1.29 is 14.3 Å². The van der Waals surface area contributed by atoms with Crippen molar-refractivity contribution in [3.05, 3.63) is 58.6 Å². The Bertz CT molecular complexity index is 813. The molecule has 0 radical (unpaired) electrons. The van der Waals surface area contributed by atoms with Crippen LogP contribution in [0.1, 0.15) is 11.1 Å². The second-order valence-electron chi connectivity index (χ2n) is 5.24. The number of carbonyl (C=O) groups excluding carboxylic acids is 2. The number of hydrogen-bond acceptors (Lipinski definition) is 4. The molecule has 2 aromatic carbocycles. The minimum atomic E-state index is -0.393. The number of ether oxygens (including phenoxy) is 1. The van der Waals surface area contributed by atoms with Crippen molar-refractivity contribution in [3.8, 4) is 6.07 Å². The molecule has 0 heterocycles. The largest absolute Gasteiger partial charge is 0.362 e. The molecule has 2 aromatic rings. The average molecular weight is 358 g/mol. The molecule has 2 amide bonds. The van der Waals surface area contributed by atoms with Crippen LogP contribution in [0.4, 0.5) is 11.4 Å². The summed E-state index contributed by atoms with van der Waals surface area (Å²) in [6.07, 6.45) is 0. The second-order valence-corrected chi connectivity index (χ2v) is 5.65. The van der Waals surface area contributed by atoms with Gasteiger partial charge in [-0.15, -0.1) is 0 Å². The summed E-state index contributed by atoms with van der Waals surface area (Å²) in [6.45, 7) is 1.35. The van der Waals surface area contributed by atoms with Gasteiger partial charge in [0.05, 0.1) is 11.6 Å². The monoisotopic (exact) mass is 357 g/mol. The molecular formula is C18H16ClN3O3. The number of hydrogen-bond donors (Lipinski definition) is 2. The summed E-state index contributed by atoms with van der Waals surface area (Å²) in [7, 11) is 0. The second kappa shape index (κ2) is 8.83. The van der Waals surface area contributed by atoms with Gasteiger partial charge in [-0.2, -0.15) is 5.26 Å². The summed E-state index contributed by atoms with van der Waals surface area (Å²) in [4.78, 5) is 23.5. The highest BCUT2D eigenvalue weighted by atomic mass is 35.5. The van der Waals surface area contributed by atoms with Gasteiger partial charge in [0.25, 0.3) is 0 Å². The first-order valence-corrected chi connectivity index (χ1v) is 7.79. The number of carbonyl (C=O) groups is 2. The van der Waals surface area contributed by atoms with Crippen molar-refractivity contribution in [2.45, 2.75) is 6.92 Å². The van der Waals surface area contributed by atoms with Gasteiger partial charge in [0.15, 0.2) is 0 Å². The first-order chi connectivity index (χ1) is 12.0. The van der Waals surface area contributed by atoms with Crippen LogP contribution in [-0.4, -0.2) is 25.0 Å². The number of halogens is 1. The van der Waals surface area contributed by atoms with E-state index in [2.05, 4.69) is 10.6 Å². The number of aryl methyl sites for hydroxylation is 1. The Morgan fingerprint density at radius 3 is 2.16 bits per heavy atom. The van der Waals surface area contributed by atoms with Gasteiger partial charge in [-0.05, 0) is 48.9 Å². The zero-order valence-corrected chi connectivity index (χ0v) is 14.3. The maximum Gasteiger partial charge on any atom is 0.250 e. The van der Waals surface area contributed by atoms with Crippen molar-refractivity contribution >= 4 is 34.8 Å². The van der Waals surface area contributed by atoms with E-state index in [0.29, 0.717) is 22.0 Å². The third-order valence-corrected chi connectivity index (χ3v) is 3.63. The van der Waals surface area contributed by atoms with Crippen LogP contribution in [0.15, 0.2) is 42.5 Å². The lowest BCUT2D eigenvalue weighted by atomic mass is 10.2. The summed E-state index contributed by atoms with van der Waals surface area (Å²) in [6, 6.07) is 13.6. The Balaban J connectivity index is 1.73. The van der Waals surface area contributed by atoms with E-state index in [4.69, 9.17) is 21.6 Å². The zero-order valence-electron chi connectivity index (χ0n) is 13.5.